The molecule has 2 heteroatoms. The summed E-state index contributed by atoms with van der Waals surface area (Å²) in [5, 5.41) is 0. The average Bonchev–Trinajstić information content (AvgIpc) is 2.35. The molecule has 0 atom stereocenters. The Morgan fingerprint density at radius 3 is 1.88 bits per heavy atom. The van der Waals surface area contributed by atoms with Gasteiger partial charge in [-0.3, -0.25) is 0 Å². The molecule has 0 N–H and O–H groups in total. The van der Waals surface area contributed by atoms with Gasteiger partial charge in [-0.2, -0.15) is 0 Å². The van der Waals surface area contributed by atoms with Crippen LogP contribution in [0.25, 0.3) is 0 Å². The van der Waals surface area contributed by atoms with Gasteiger partial charge in [0.1, 0.15) is 0 Å². The molecule has 0 bridgehead atoms. The minimum absolute atomic E-state index is 0.229. The van der Waals surface area contributed by atoms with Crippen LogP contribution in [0.3, 0.4) is 0 Å². The minimum atomic E-state index is 0.229. The van der Waals surface area contributed by atoms with E-state index in [0.717, 1.165) is 32.3 Å². The second kappa shape index (κ2) is 7.29. The van der Waals surface area contributed by atoms with E-state index in [1.165, 1.54) is 32.1 Å². The Labute approximate surface area is 101 Å². The molecule has 0 aliphatic heterocycles. The van der Waals surface area contributed by atoms with Crippen LogP contribution >= 0.6 is 0 Å². The van der Waals surface area contributed by atoms with Gasteiger partial charge in [0.05, 0.1) is 13.2 Å². The summed E-state index contributed by atoms with van der Waals surface area (Å²) >= 11 is 0. The van der Waals surface area contributed by atoms with Crippen molar-refractivity contribution >= 4 is 0 Å². The Kier molecular flexibility index (Phi) is 6.37. The van der Waals surface area contributed by atoms with E-state index in [1.807, 2.05) is 0 Å². The fourth-order valence-electron chi connectivity index (χ4n) is 2.75. The monoisotopic (exact) mass is 228 g/mol. The molecule has 0 unspecified atom stereocenters. The highest BCUT2D eigenvalue weighted by molar-refractivity contribution is 4.84. The molecule has 1 aliphatic carbocycles. The Bertz CT molecular complexity index is 166. The van der Waals surface area contributed by atoms with E-state index in [1.54, 1.807) is 0 Å². The normalized spacial score (nSPS) is 18.9. The maximum atomic E-state index is 5.67. The summed E-state index contributed by atoms with van der Waals surface area (Å²) in [7, 11) is 0. The minimum Gasteiger partial charge on any atom is -0.381 e. The molecule has 0 aromatic carbocycles. The van der Waals surface area contributed by atoms with Crippen LogP contribution in [0.15, 0.2) is 0 Å². The van der Waals surface area contributed by atoms with Gasteiger partial charge in [0, 0.05) is 18.6 Å². The molecule has 0 saturated heterocycles. The van der Waals surface area contributed by atoms with E-state index in [4.69, 9.17) is 9.47 Å². The first-order chi connectivity index (χ1) is 7.73. The Balaban J connectivity index is 2.51. The molecule has 1 fully saturated rings. The van der Waals surface area contributed by atoms with Crippen molar-refractivity contribution in [2.45, 2.75) is 52.9 Å². The highest BCUT2D eigenvalue weighted by Gasteiger charge is 2.35. The third kappa shape index (κ3) is 4.06. The maximum absolute atomic E-state index is 5.67. The van der Waals surface area contributed by atoms with Crippen molar-refractivity contribution in [1.29, 1.82) is 0 Å². The van der Waals surface area contributed by atoms with Crippen LogP contribution in [-0.4, -0.2) is 26.4 Å². The lowest BCUT2D eigenvalue weighted by Gasteiger charge is -2.39. The summed E-state index contributed by atoms with van der Waals surface area (Å²) in [4.78, 5) is 0. The molecule has 1 aliphatic rings. The van der Waals surface area contributed by atoms with Gasteiger partial charge >= 0.3 is 0 Å². The van der Waals surface area contributed by atoms with Gasteiger partial charge in [0.15, 0.2) is 0 Å². The standard InChI is InChI=1S/C14H28O2/c1-4-15-11-14(3,12-16-5-2)13-9-7-6-8-10-13/h13H,4-12H2,1-3H3. The smallest absolute Gasteiger partial charge is 0.0544 e. The fourth-order valence-corrected chi connectivity index (χ4v) is 2.75. The van der Waals surface area contributed by atoms with Crippen LogP contribution < -0.4 is 0 Å². The van der Waals surface area contributed by atoms with E-state index < -0.39 is 0 Å². The summed E-state index contributed by atoms with van der Waals surface area (Å²) in [6.45, 7) is 9.82. The van der Waals surface area contributed by atoms with Crippen LogP contribution in [0, 0.1) is 11.3 Å². The van der Waals surface area contributed by atoms with Crippen LogP contribution in [0.2, 0.25) is 0 Å². The summed E-state index contributed by atoms with van der Waals surface area (Å²) < 4.78 is 11.3. The topological polar surface area (TPSA) is 18.5 Å². The largest absolute Gasteiger partial charge is 0.381 e. The average molecular weight is 228 g/mol. The Hall–Kier alpha value is -0.0800. The molecule has 96 valence electrons. The van der Waals surface area contributed by atoms with Crippen LogP contribution in [0.4, 0.5) is 0 Å². The van der Waals surface area contributed by atoms with Crippen molar-refractivity contribution in [3.63, 3.8) is 0 Å². The van der Waals surface area contributed by atoms with Crippen molar-refractivity contribution in [2.75, 3.05) is 26.4 Å². The molecule has 2 nitrogen and oxygen atoms in total. The van der Waals surface area contributed by atoms with E-state index in [2.05, 4.69) is 20.8 Å². The van der Waals surface area contributed by atoms with Gasteiger partial charge in [-0.25, -0.2) is 0 Å². The molecule has 0 heterocycles. The number of rotatable bonds is 7. The lowest BCUT2D eigenvalue weighted by atomic mass is 9.71. The highest BCUT2D eigenvalue weighted by atomic mass is 16.5. The molecular formula is C14H28O2. The predicted octanol–water partition coefficient (Wildman–Crippen LogP) is 3.65. The van der Waals surface area contributed by atoms with Gasteiger partial charge in [-0.15, -0.1) is 0 Å². The van der Waals surface area contributed by atoms with Crippen LogP contribution in [0.5, 0.6) is 0 Å². The molecule has 1 rings (SSSR count). The molecule has 1 saturated carbocycles. The van der Waals surface area contributed by atoms with Gasteiger partial charge in [-0.1, -0.05) is 26.2 Å². The molecule has 0 spiro atoms. The van der Waals surface area contributed by atoms with Crippen LogP contribution in [-0.2, 0) is 9.47 Å². The summed E-state index contributed by atoms with van der Waals surface area (Å²) in [6.07, 6.45) is 6.90. The van der Waals surface area contributed by atoms with E-state index in [-0.39, 0.29) is 5.41 Å². The molecule has 0 amide bonds. The van der Waals surface area contributed by atoms with Crippen molar-refractivity contribution in [2.24, 2.45) is 11.3 Å². The molecule has 0 aromatic heterocycles. The lowest BCUT2D eigenvalue weighted by Crippen LogP contribution is -2.38. The van der Waals surface area contributed by atoms with Crippen molar-refractivity contribution in [3.05, 3.63) is 0 Å². The van der Waals surface area contributed by atoms with E-state index >= 15 is 0 Å². The fraction of sp³-hybridized carbons (Fsp3) is 1.00. The van der Waals surface area contributed by atoms with Crippen molar-refractivity contribution < 1.29 is 9.47 Å². The third-order valence-corrected chi connectivity index (χ3v) is 3.86. The summed E-state index contributed by atoms with van der Waals surface area (Å²) in [5.74, 6) is 0.791. The Morgan fingerprint density at radius 2 is 1.44 bits per heavy atom. The number of ether oxygens (including phenoxy) is 2. The van der Waals surface area contributed by atoms with Crippen molar-refractivity contribution in [3.8, 4) is 0 Å². The molecular weight excluding hydrogens is 200 g/mol. The maximum Gasteiger partial charge on any atom is 0.0544 e. The quantitative estimate of drug-likeness (QED) is 0.662. The highest BCUT2D eigenvalue weighted by Crippen LogP contribution is 2.39. The van der Waals surface area contributed by atoms with Gasteiger partial charge in [-0.05, 0) is 32.6 Å². The summed E-state index contributed by atoms with van der Waals surface area (Å²) in [6, 6.07) is 0. The number of hydrogen-bond donors (Lipinski definition) is 0. The molecule has 0 aromatic rings. The number of hydrogen-bond acceptors (Lipinski definition) is 2. The second-order valence-corrected chi connectivity index (χ2v) is 5.26. The second-order valence-electron chi connectivity index (χ2n) is 5.26. The third-order valence-electron chi connectivity index (χ3n) is 3.86. The predicted molar refractivity (Wildman–Crippen MR) is 67.7 cm³/mol. The lowest BCUT2D eigenvalue weighted by molar-refractivity contribution is -0.0488. The van der Waals surface area contributed by atoms with E-state index in [9.17, 15) is 0 Å². The van der Waals surface area contributed by atoms with Crippen LogP contribution in [0.1, 0.15) is 52.9 Å². The van der Waals surface area contributed by atoms with E-state index in [0.29, 0.717) is 0 Å². The van der Waals surface area contributed by atoms with Gasteiger partial charge in [0.25, 0.3) is 0 Å². The van der Waals surface area contributed by atoms with Gasteiger partial charge < -0.3 is 9.47 Å². The van der Waals surface area contributed by atoms with Gasteiger partial charge in [0.2, 0.25) is 0 Å². The SMILES string of the molecule is CCOCC(C)(COCC)C1CCCCC1. The zero-order valence-electron chi connectivity index (χ0n) is 11.3. The van der Waals surface area contributed by atoms with Crippen molar-refractivity contribution in [1.82, 2.24) is 0 Å². The Morgan fingerprint density at radius 1 is 0.938 bits per heavy atom. The summed E-state index contributed by atoms with van der Waals surface area (Å²) in [5.41, 5.74) is 0.229. The zero-order valence-corrected chi connectivity index (χ0v) is 11.3. The first-order valence-corrected chi connectivity index (χ1v) is 6.88. The molecule has 16 heavy (non-hydrogen) atoms. The molecule has 0 radical (unpaired) electrons. The first kappa shape index (κ1) is 14.0. The zero-order chi connectivity index (χ0) is 11.9. The first-order valence-electron chi connectivity index (χ1n) is 6.88.